The molecule has 1 aromatic carbocycles. The third kappa shape index (κ3) is 3.96. The summed E-state index contributed by atoms with van der Waals surface area (Å²) in [6, 6.07) is 4.60. The van der Waals surface area contributed by atoms with Gasteiger partial charge >= 0.3 is 0 Å². The molecule has 6 heteroatoms. The number of hydrogen-bond donors (Lipinski definition) is 1. The van der Waals surface area contributed by atoms with Crippen molar-refractivity contribution < 1.29 is 14.3 Å². The maximum atomic E-state index is 12.9. The standard InChI is InChI=1S/C17H23ClN2O3/c1-4-11(2)19-16(21)14-6-5-9-20(14)17(22)13-10-12(18)7-8-15(13)23-3/h7-8,10-11,14H,4-6,9H2,1-3H3,(H,19,21)/t11-,14+/m1/s1. The summed E-state index contributed by atoms with van der Waals surface area (Å²) < 4.78 is 5.25. The van der Waals surface area contributed by atoms with Gasteiger partial charge in [0.1, 0.15) is 11.8 Å². The molecule has 1 N–H and O–H groups in total. The highest BCUT2D eigenvalue weighted by Crippen LogP contribution is 2.27. The molecule has 5 nitrogen and oxygen atoms in total. The summed E-state index contributed by atoms with van der Waals surface area (Å²) in [4.78, 5) is 26.9. The quantitative estimate of drug-likeness (QED) is 0.898. The molecule has 126 valence electrons. The molecule has 1 heterocycles. The summed E-state index contributed by atoms with van der Waals surface area (Å²) in [5, 5.41) is 3.42. The van der Waals surface area contributed by atoms with E-state index in [2.05, 4.69) is 5.32 Å². The molecule has 1 aromatic rings. The van der Waals surface area contributed by atoms with Crippen LogP contribution in [-0.2, 0) is 4.79 Å². The molecule has 0 unspecified atom stereocenters. The predicted molar refractivity (Wildman–Crippen MR) is 90.0 cm³/mol. The summed E-state index contributed by atoms with van der Waals surface area (Å²) in [6.07, 6.45) is 2.35. The summed E-state index contributed by atoms with van der Waals surface area (Å²) in [6.45, 7) is 4.53. The van der Waals surface area contributed by atoms with Crippen molar-refractivity contribution in [3.05, 3.63) is 28.8 Å². The number of ether oxygens (including phenoxy) is 1. The highest BCUT2D eigenvalue weighted by Gasteiger charge is 2.35. The van der Waals surface area contributed by atoms with Gasteiger partial charge in [0.25, 0.3) is 5.91 Å². The van der Waals surface area contributed by atoms with E-state index in [9.17, 15) is 9.59 Å². The van der Waals surface area contributed by atoms with Crippen LogP contribution in [0, 0.1) is 0 Å². The lowest BCUT2D eigenvalue weighted by molar-refractivity contribution is -0.125. The zero-order valence-electron chi connectivity index (χ0n) is 13.8. The van der Waals surface area contributed by atoms with E-state index in [4.69, 9.17) is 16.3 Å². The molecule has 0 aliphatic carbocycles. The van der Waals surface area contributed by atoms with Crippen molar-refractivity contribution in [2.24, 2.45) is 0 Å². The number of nitrogens with zero attached hydrogens (tertiary/aromatic N) is 1. The Morgan fingerprint density at radius 1 is 1.48 bits per heavy atom. The molecule has 1 aliphatic heterocycles. The second-order valence-corrected chi connectivity index (χ2v) is 6.26. The minimum Gasteiger partial charge on any atom is -0.496 e. The lowest BCUT2D eigenvalue weighted by Gasteiger charge is -2.26. The molecule has 2 rings (SSSR count). The minimum absolute atomic E-state index is 0.0915. The van der Waals surface area contributed by atoms with Gasteiger partial charge in [-0.2, -0.15) is 0 Å². The molecular formula is C17H23ClN2O3. The number of rotatable bonds is 5. The second-order valence-electron chi connectivity index (χ2n) is 5.82. The molecule has 0 spiro atoms. The van der Waals surface area contributed by atoms with E-state index >= 15 is 0 Å². The fourth-order valence-electron chi connectivity index (χ4n) is 2.73. The van der Waals surface area contributed by atoms with Gasteiger partial charge in [-0.3, -0.25) is 9.59 Å². The Labute approximate surface area is 141 Å². The van der Waals surface area contributed by atoms with Gasteiger partial charge in [0.2, 0.25) is 5.91 Å². The first-order chi connectivity index (χ1) is 11.0. The van der Waals surface area contributed by atoms with E-state index in [1.807, 2.05) is 13.8 Å². The molecule has 0 saturated carbocycles. The van der Waals surface area contributed by atoms with Crippen LogP contribution in [0.2, 0.25) is 5.02 Å². The lowest BCUT2D eigenvalue weighted by atomic mass is 10.1. The number of halogens is 1. The van der Waals surface area contributed by atoms with Crippen LogP contribution in [0.5, 0.6) is 5.75 Å². The third-order valence-corrected chi connectivity index (χ3v) is 4.44. The van der Waals surface area contributed by atoms with E-state index in [1.165, 1.54) is 7.11 Å². The number of benzene rings is 1. The van der Waals surface area contributed by atoms with Gasteiger partial charge in [0, 0.05) is 17.6 Å². The van der Waals surface area contributed by atoms with Crippen LogP contribution < -0.4 is 10.1 Å². The SMILES string of the molecule is CC[C@@H](C)NC(=O)[C@@H]1CCCN1C(=O)c1cc(Cl)ccc1OC. The minimum atomic E-state index is -0.430. The van der Waals surface area contributed by atoms with Crippen molar-refractivity contribution in [2.45, 2.75) is 45.2 Å². The van der Waals surface area contributed by atoms with Gasteiger partial charge in [-0.15, -0.1) is 0 Å². The van der Waals surface area contributed by atoms with Crippen LogP contribution in [0.1, 0.15) is 43.5 Å². The molecule has 1 aliphatic rings. The predicted octanol–water partition coefficient (Wildman–Crippen LogP) is 2.87. The Morgan fingerprint density at radius 2 is 2.22 bits per heavy atom. The Hall–Kier alpha value is -1.75. The van der Waals surface area contributed by atoms with E-state index < -0.39 is 6.04 Å². The smallest absolute Gasteiger partial charge is 0.258 e. The highest BCUT2D eigenvalue weighted by atomic mass is 35.5. The van der Waals surface area contributed by atoms with Crippen LogP contribution in [0.4, 0.5) is 0 Å². The number of nitrogens with one attached hydrogen (secondary N) is 1. The van der Waals surface area contributed by atoms with Gasteiger partial charge in [-0.25, -0.2) is 0 Å². The number of amides is 2. The number of methoxy groups -OCH3 is 1. The van der Waals surface area contributed by atoms with Crippen LogP contribution in [0.25, 0.3) is 0 Å². The molecule has 1 fully saturated rings. The van der Waals surface area contributed by atoms with Gasteiger partial charge in [-0.05, 0) is 44.4 Å². The molecule has 0 radical (unpaired) electrons. The third-order valence-electron chi connectivity index (χ3n) is 4.21. The molecule has 2 atom stereocenters. The van der Waals surface area contributed by atoms with Crippen LogP contribution >= 0.6 is 11.6 Å². The Morgan fingerprint density at radius 3 is 2.87 bits per heavy atom. The van der Waals surface area contributed by atoms with Gasteiger partial charge in [0.05, 0.1) is 12.7 Å². The zero-order valence-corrected chi connectivity index (χ0v) is 14.5. The first-order valence-electron chi connectivity index (χ1n) is 7.92. The second kappa shape index (κ2) is 7.68. The fraction of sp³-hybridized carbons (Fsp3) is 0.529. The first kappa shape index (κ1) is 17.6. The van der Waals surface area contributed by atoms with Crippen molar-refractivity contribution in [1.29, 1.82) is 0 Å². The van der Waals surface area contributed by atoms with Crippen molar-refractivity contribution in [3.8, 4) is 5.75 Å². The van der Waals surface area contributed by atoms with Gasteiger partial charge in [0.15, 0.2) is 0 Å². The topological polar surface area (TPSA) is 58.6 Å². The Balaban J connectivity index is 2.21. The average Bonchev–Trinajstić information content (AvgIpc) is 3.03. The molecule has 0 aromatic heterocycles. The van der Waals surface area contributed by atoms with Gasteiger partial charge in [-0.1, -0.05) is 18.5 Å². The lowest BCUT2D eigenvalue weighted by Crippen LogP contribution is -2.48. The molecule has 23 heavy (non-hydrogen) atoms. The molecular weight excluding hydrogens is 316 g/mol. The fourth-order valence-corrected chi connectivity index (χ4v) is 2.90. The number of hydrogen-bond acceptors (Lipinski definition) is 3. The largest absolute Gasteiger partial charge is 0.496 e. The van der Waals surface area contributed by atoms with Crippen LogP contribution in [0.3, 0.4) is 0 Å². The monoisotopic (exact) mass is 338 g/mol. The van der Waals surface area contributed by atoms with E-state index in [1.54, 1.807) is 23.1 Å². The van der Waals surface area contributed by atoms with Crippen LogP contribution in [0.15, 0.2) is 18.2 Å². The maximum absolute atomic E-state index is 12.9. The molecule has 1 saturated heterocycles. The van der Waals surface area contributed by atoms with Crippen LogP contribution in [-0.4, -0.2) is 42.5 Å². The summed E-state index contributed by atoms with van der Waals surface area (Å²) in [5.41, 5.74) is 0.392. The average molecular weight is 339 g/mol. The van der Waals surface area contributed by atoms with E-state index in [0.717, 1.165) is 12.8 Å². The van der Waals surface area contributed by atoms with Crippen molar-refractivity contribution in [1.82, 2.24) is 10.2 Å². The Bertz CT molecular complexity index is 591. The van der Waals surface area contributed by atoms with E-state index in [-0.39, 0.29) is 17.9 Å². The van der Waals surface area contributed by atoms with Gasteiger partial charge < -0.3 is 15.0 Å². The maximum Gasteiger partial charge on any atom is 0.258 e. The first-order valence-corrected chi connectivity index (χ1v) is 8.30. The summed E-state index contributed by atoms with van der Waals surface area (Å²) >= 11 is 6.01. The number of likely N-dealkylation sites (tertiary alicyclic amines) is 1. The summed E-state index contributed by atoms with van der Waals surface area (Å²) in [5.74, 6) is 0.157. The van der Waals surface area contributed by atoms with Crippen molar-refractivity contribution in [2.75, 3.05) is 13.7 Å². The normalized spacial score (nSPS) is 18.6. The van der Waals surface area contributed by atoms with Crippen molar-refractivity contribution in [3.63, 3.8) is 0 Å². The van der Waals surface area contributed by atoms with Crippen molar-refractivity contribution >= 4 is 23.4 Å². The Kier molecular flexibility index (Phi) is 5.88. The number of carbonyl (C=O) groups is 2. The molecule has 0 bridgehead atoms. The summed E-state index contributed by atoms with van der Waals surface area (Å²) in [7, 11) is 1.51. The zero-order chi connectivity index (χ0) is 17.0. The van der Waals surface area contributed by atoms with E-state index in [0.29, 0.717) is 29.3 Å². The molecule has 2 amide bonds. The highest BCUT2D eigenvalue weighted by molar-refractivity contribution is 6.31. The number of carbonyl (C=O) groups excluding carboxylic acids is 2.